The maximum absolute atomic E-state index is 12.2. The number of aromatic nitrogens is 1. The van der Waals surface area contributed by atoms with Crippen LogP contribution in [0.2, 0.25) is 0 Å². The quantitative estimate of drug-likeness (QED) is 0.587. The molecule has 0 aliphatic heterocycles. The Labute approximate surface area is 144 Å². The Kier molecular flexibility index (Phi) is 5.59. The van der Waals surface area contributed by atoms with Crippen molar-refractivity contribution in [1.29, 1.82) is 0 Å². The van der Waals surface area contributed by atoms with E-state index in [1.54, 1.807) is 13.0 Å². The van der Waals surface area contributed by atoms with Crippen LogP contribution in [0.1, 0.15) is 39.3 Å². The summed E-state index contributed by atoms with van der Waals surface area (Å²) in [6.07, 6.45) is 1.37. The van der Waals surface area contributed by atoms with Gasteiger partial charge in [-0.3, -0.25) is 14.6 Å². The molecule has 2 N–H and O–H groups in total. The van der Waals surface area contributed by atoms with Crippen molar-refractivity contribution in [1.82, 2.24) is 4.98 Å². The predicted octanol–water partition coefficient (Wildman–Crippen LogP) is 2.66. The first-order valence-corrected chi connectivity index (χ1v) is 7.54. The minimum Gasteiger partial charge on any atom is -0.504 e. The van der Waals surface area contributed by atoms with Crippen LogP contribution in [-0.2, 0) is 0 Å². The van der Waals surface area contributed by atoms with Crippen molar-refractivity contribution in [2.45, 2.75) is 19.8 Å². The lowest BCUT2D eigenvalue weighted by Gasteiger charge is -2.08. The van der Waals surface area contributed by atoms with Crippen molar-refractivity contribution in [3.63, 3.8) is 0 Å². The number of ketones is 2. The summed E-state index contributed by atoms with van der Waals surface area (Å²) in [5, 5.41) is 19.2. The molecule has 1 heterocycles. The maximum atomic E-state index is 12.2. The van der Waals surface area contributed by atoms with E-state index in [0.717, 1.165) is 6.07 Å². The number of nitrogens with zero attached hydrogens (tertiary/aromatic N) is 1. The molecule has 0 saturated heterocycles. The molecule has 1 aromatic carbocycles. The van der Waals surface area contributed by atoms with E-state index in [0.29, 0.717) is 17.0 Å². The van der Waals surface area contributed by atoms with Gasteiger partial charge >= 0.3 is 0 Å². The van der Waals surface area contributed by atoms with Gasteiger partial charge in [-0.2, -0.15) is 0 Å². The SMILES string of the molecule is COc1cc(C(=O)CCC(=O)c2cc(O)c(O)c(OC)c2)cnc1C. The zero-order chi connectivity index (χ0) is 18.6. The number of carbonyl (C=O) groups is 2. The average molecular weight is 345 g/mol. The molecule has 2 aromatic rings. The average Bonchev–Trinajstić information content (AvgIpc) is 2.61. The summed E-state index contributed by atoms with van der Waals surface area (Å²) in [5.41, 5.74) is 1.18. The van der Waals surface area contributed by atoms with E-state index >= 15 is 0 Å². The third-order valence-electron chi connectivity index (χ3n) is 3.76. The number of Topliss-reactive ketones (excluding diaryl/α,β-unsaturated/α-hetero) is 2. The van der Waals surface area contributed by atoms with Gasteiger partial charge in [0.25, 0.3) is 0 Å². The van der Waals surface area contributed by atoms with Gasteiger partial charge in [-0.15, -0.1) is 0 Å². The van der Waals surface area contributed by atoms with Crippen LogP contribution in [0.15, 0.2) is 24.4 Å². The molecule has 0 atom stereocenters. The largest absolute Gasteiger partial charge is 0.504 e. The Morgan fingerprint density at radius 1 is 0.960 bits per heavy atom. The number of aryl methyl sites for hydroxylation is 1. The number of hydrogen-bond donors (Lipinski definition) is 2. The number of ether oxygens (including phenoxy) is 2. The number of phenolic OH excluding ortho intramolecular Hbond substituents is 2. The summed E-state index contributed by atoms with van der Waals surface area (Å²) in [4.78, 5) is 28.6. The Morgan fingerprint density at radius 2 is 1.52 bits per heavy atom. The van der Waals surface area contributed by atoms with Crippen molar-refractivity contribution in [2.24, 2.45) is 0 Å². The number of hydrogen-bond acceptors (Lipinski definition) is 7. The number of carbonyl (C=O) groups excluding carboxylic acids is 2. The number of phenols is 2. The third-order valence-corrected chi connectivity index (χ3v) is 3.76. The highest BCUT2D eigenvalue weighted by molar-refractivity contribution is 6.02. The molecule has 0 bridgehead atoms. The van der Waals surface area contributed by atoms with Crippen LogP contribution in [0.25, 0.3) is 0 Å². The first-order chi connectivity index (χ1) is 11.9. The van der Waals surface area contributed by atoms with Crippen molar-refractivity contribution in [2.75, 3.05) is 14.2 Å². The molecule has 7 nitrogen and oxygen atoms in total. The molecule has 0 unspecified atom stereocenters. The van der Waals surface area contributed by atoms with E-state index in [2.05, 4.69) is 4.98 Å². The molecular formula is C18H19NO6. The number of rotatable bonds is 7. The molecule has 132 valence electrons. The van der Waals surface area contributed by atoms with Crippen molar-refractivity contribution < 1.29 is 29.3 Å². The third kappa shape index (κ3) is 4.06. The molecule has 0 saturated carbocycles. The van der Waals surface area contributed by atoms with Gasteiger partial charge in [-0.05, 0) is 25.1 Å². The van der Waals surface area contributed by atoms with Gasteiger partial charge in [0.05, 0.1) is 19.9 Å². The van der Waals surface area contributed by atoms with Gasteiger partial charge in [0.15, 0.2) is 23.1 Å². The van der Waals surface area contributed by atoms with E-state index in [1.165, 1.54) is 26.5 Å². The molecule has 0 aliphatic carbocycles. The Hall–Kier alpha value is -3.09. The van der Waals surface area contributed by atoms with Crippen LogP contribution in [0, 0.1) is 6.92 Å². The molecule has 0 aliphatic rings. The van der Waals surface area contributed by atoms with Crippen molar-refractivity contribution in [3.05, 3.63) is 41.2 Å². The number of benzene rings is 1. The fourth-order valence-electron chi connectivity index (χ4n) is 2.30. The van der Waals surface area contributed by atoms with Crippen LogP contribution >= 0.6 is 0 Å². The summed E-state index contributed by atoms with van der Waals surface area (Å²) in [6.45, 7) is 1.77. The van der Waals surface area contributed by atoms with Gasteiger partial charge < -0.3 is 19.7 Å². The topological polar surface area (TPSA) is 106 Å². The summed E-state index contributed by atoms with van der Waals surface area (Å²) >= 11 is 0. The highest BCUT2D eigenvalue weighted by atomic mass is 16.5. The number of methoxy groups -OCH3 is 2. The zero-order valence-corrected chi connectivity index (χ0v) is 14.2. The van der Waals surface area contributed by atoms with E-state index < -0.39 is 11.5 Å². The molecule has 2 rings (SSSR count). The molecule has 0 radical (unpaired) electrons. The van der Waals surface area contributed by atoms with Crippen LogP contribution in [-0.4, -0.2) is 41.0 Å². The highest BCUT2D eigenvalue weighted by Crippen LogP contribution is 2.36. The van der Waals surface area contributed by atoms with Crippen molar-refractivity contribution in [3.8, 4) is 23.0 Å². The van der Waals surface area contributed by atoms with E-state index in [-0.39, 0.29) is 35.7 Å². The highest BCUT2D eigenvalue weighted by Gasteiger charge is 2.17. The standard InChI is InChI=1S/C18H19NO6/c1-10-16(24-2)8-12(9-19-10)14(21)5-4-13(20)11-6-15(22)18(23)17(7-11)25-3/h6-9,22-23H,4-5H2,1-3H3. The zero-order valence-electron chi connectivity index (χ0n) is 14.2. The smallest absolute Gasteiger partial charge is 0.200 e. The first kappa shape index (κ1) is 18.3. The summed E-state index contributed by atoms with van der Waals surface area (Å²) in [7, 11) is 2.80. The fourth-order valence-corrected chi connectivity index (χ4v) is 2.30. The van der Waals surface area contributed by atoms with Gasteiger partial charge in [0, 0.05) is 30.2 Å². The molecule has 0 amide bonds. The van der Waals surface area contributed by atoms with Gasteiger partial charge in [0.1, 0.15) is 5.75 Å². The molecular weight excluding hydrogens is 326 g/mol. The van der Waals surface area contributed by atoms with Crippen LogP contribution in [0.3, 0.4) is 0 Å². The Balaban J connectivity index is 2.09. The molecule has 1 aromatic heterocycles. The van der Waals surface area contributed by atoms with Crippen molar-refractivity contribution >= 4 is 11.6 Å². The van der Waals surface area contributed by atoms with Crippen LogP contribution < -0.4 is 9.47 Å². The maximum Gasteiger partial charge on any atom is 0.200 e. The van der Waals surface area contributed by atoms with Gasteiger partial charge in [-0.1, -0.05) is 0 Å². The Morgan fingerprint density at radius 3 is 2.12 bits per heavy atom. The number of pyridine rings is 1. The predicted molar refractivity (Wildman–Crippen MR) is 89.7 cm³/mol. The second-order valence-corrected chi connectivity index (χ2v) is 5.40. The number of aromatic hydroxyl groups is 2. The molecule has 0 fully saturated rings. The first-order valence-electron chi connectivity index (χ1n) is 7.54. The molecule has 7 heteroatoms. The van der Waals surface area contributed by atoms with Gasteiger partial charge in [0.2, 0.25) is 5.75 Å². The summed E-state index contributed by atoms with van der Waals surface area (Å²) in [5.74, 6) is -0.995. The van der Waals surface area contributed by atoms with E-state index in [4.69, 9.17) is 9.47 Å². The lowest BCUT2D eigenvalue weighted by molar-refractivity contribution is 0.0917. The van der Waals surface area contributed by atoms with E-state index in [1.807, 2.05) is 0 Å². The summed E-state index contributed by atoms with van der Waals surface area (Å²) in [6, 6.07) is 4.05. The monoisotopic (exact) mass is 345 g/mol. The lowest BCUT2D eigenvalue weighted by Crippen LogP contribution is -2.07. The van der Waals surface area contributed by atoms with Crippen LogP contribution in [0.4, 0.5) is 0 Å². The second-order valence-electron chi connectivity index (χ2n) is 5.40. The lowest BCUT2D eigenvalue weighted by atomic mass is 10.0. The fraction of sp³-hybridized carbons (Fsp3) is 0.278. The molecule has 0 spiro atoms. The van der Waals surface area contributed by atoms with E-state index in [9.17, 15) is 19.8 Å². The Bertz CT molecular complexity index is 815. The minimum absolute atomic E-state index is 0.0119. The minimum atomic E-state index is -0.457. The van der Waals surface area contributed by atoms with Crippen LogP contribution in [0.5, 0.6) is 23.0 Å². The van der Waals surface area contributed by atoms with Gasteiger partial charge in [-0.25, -0.2) is 0 Å². The molecule has 25 heavy (non-hydrogen) atoms. The summed E-state index contributed by atoms with van der Waals surface area (Å²) < 4.78 is 10.0. The normalized spacial score (nSPS) is 10.4. The second kappa shape index (κ2) is 7.65.